The zero-order chi connectivity index (χ0) is 8.32. The first-order chi connectivity index (χ1) is 5.23. The standard InChI is InChI=1S/C10H19N/c1-4-10(2,8-11-3)9-6-5-7-9/h4,9,11H,1,5-8H2,2-3H3. The second kappa shape index (κ2) is 3.40. The van der Waals surface area contributed by atoms with E-state index in [4.69, 9.17) is 0 Å². The van der Waals surface area contributed by atoms with Crippen LogP contribution in [0.4, 0.5) is 0 Å². The number of rotatable bonds is 4. The first kappa shape index (κ1) is 8.79. The van der Waals surface area contributed by atoms with E-state index in [0.717, 1.165) is 12.5 Å². The van der Waals surface area contributed by atoms with Crippen LogP contribution < -0.4 is 5.32 Å². The summed E-state index contributed by atoms with van der Waals surface area (Å²) in [6.45, 7) is 7.29. The van der Waals surface area contributed by atoms with Gasteiger partial charge in [0.2, 0.25) is 0 Å². The van der Waals surface area contributed by atoms with Crippen LogP contribution in [0.25, 0.3) is 0 Å². The van der Waals surface area contributed by atoms with Gasteiger partial charge in [0.25, 0.3) is 0 Å². The van der Waals surface area contributed by atoms with Gasteiger partial charge in [-0.05, 0) is 25.8 Å². The summed E-state index contributed by atoms with van der Waals surface area (Å²) < 4.78 is 0. The summed E-state index contributed by atoms with van der Waals surface area (Å²) >= 11 is 0. The minimum Gasteiger partial charge on any atom is -0.319 e. The van der Waals surface area contributed by atoms with Crippen LogP contribution in [-0.4, -0.2) is 13.6 Å². The summed E-state index contributed by atoms with van der Waals surface area (Å²) in [5.41, 5.74) is 0.340. The highest BCUT2D eigenvalue weighted by Crippen LogP contribution is 2.42. The largest absolute Gasteiger partial charge is 0.319 e. The Hall–Kier alpha value is -0.300. The van der Waals surface area contributed by atoms with E-state index < -0.39 is 0 Å². The molecule has 1 rings (SSSR count). The van der Waals surface area contributed by atoms with Gasteiger partial charge >= 0.3 is 0 Å². The molecule has 0 amide bonds. The Balaban J connectivity index is 2.49. The topological polar surface area (TPSA) is 12.0 Å². The second-order valence-electron chi connectivity index (χ2n) is 3.87. The number of hydrogen-bond acceptors (Lipinski definition) is 1. The van der Waals surface area contributed by atoms with Crippen molar-refractivity contribution >= 4 is 0 Å². The van der Waals surface area contributed by atoms with Gasteiger partial charge in [-0.15, -0.1) is 6.58 Å². The second-order valence-corrected chi connectivity index (χ2v) is 3.87. The average molecular weight is 153 g/mol. The summed E-state index contributed by atoms with van der Waals surface area (Å²) in [7, 11) is 2.01. The zero-order valence-corrected chi connectivity index (χ0v) is 7.69. The lowest BCUT2D eigenvalue weighted by Crippen LogP contribution is -2.38. The number of nitrogens with one attached hydrogen (secondary N) is 1. The summed E-state index contributed by atoms with van der Waals surface area (Å²) in [5, 5.41) is 3.24. The van der Waals surface area contributed by atoms with E-state index in [9.17, 15) is 0 Å². The Labute approximate surface area is 69.9 Å². The first-order valence-corrected chi connectivity index (χ1v) is 4.51. The molecule has 0 spiro atoms. The molecule has 1 aliphatic carbocycles. The SMILES string of the molecule is C=CC(C)(CNC)C1CCC1. The van der Waals surface area contributed by atoms with E-state index in [2.05, 4.69) is 24.9 Å². The van der Waals surface area contributed by atoms with Crippen LogP contribution in [0.1, 0.15) is 26.2 Å². The molecule has 1 heteroatoms. The normalized spacial score (nSPS) is 23.8. The lowest BCUT2D eigenvalue weighted by molar-refractivity contribution is 0.150. The third-order valence-corrected chi connectivity index (χ3v) is 3.06. The molecule has 1 aliphatic rings. The van der Waals surface area contributed by atoms with Crippen molar-refractivity contribution in [3.63, 3.8) is 0 Å². The van der Waals surface area contributed by atoms with E-state index in [1.165, 1.54) is 19.3 Å². The van der Waals surface area contributed by atoms with Crippen LogP contribution in [0, 0.1) is 11.3 Å². The fraction of sp³-hybridized carbons (Fsp3) is 0.800. The highest BCUT2D eigenvalue weighted by Gasteiger charge is 2.34. The molecule has 0 heterocycles. The van der Waals surface area contributed by atoms with Gasteiger partial charge in [0, 0.05) is 12.0 Å². The van der Waals surface area contributed by atoms with Crippen molar-refractivity contribution in [3.8, 4) is 0 Å². The van der Waals surface area contributed by atoms with Crippen molar-refractivity contribution < 1.29 is 0 Å². The van der Waals surface area contributed by atoms with Crippen molar-refractivity contribution in [2.24, 2.45) is 11.3 Å². The molecule has 1 atom stereocenters. The van der Waals surface area contributed by atoms with Crippen LogP contribution in [0.5, 0.6) is 0 Å². The van der Waals surface area contributed by atoms with Crippen LogP contribution in [-0.2, 0) is 0 Å². The molecule has 0 saturated heterocycles. The summed E-state index contributed by atoms with van der Waals surface area (Å²) in [6.07, 6.45) is 6.32. The van der Waals surface area contributed by atoms with Gasteiger partial charge < -0.3 is 5.32 Å². The highest BCUT2D eigenvalue weighted by molar-refractivity contribution is 5.00. The average Bonchev–Trinajstić information content (AvgIpc) is 1.84. The Morgan fingerprint density at radius 1 is 1.64 bits per heavy atom. The molecule has 0 radical (unpaired) electrons. The third kappa shape index (κ3) is 1.64. The van der Waals surface area contributed by atoms with Crippen LogP contribution in [0.3, 0.4) is 0 Å². The molecule has 11 heavy (non-hydrogen) atoms. The molecule has 1 nitrogen and oxygen atoms in total. The fourth-order valence-electron chi connectivity index (χ4n) is 1.83. The maximum atomic E-state index is 3.91. The summed E-state index contributed by atoms with van der Waals surface area (Å²) in [4.78, 5) is 0. The van der Waals surface area contributed by atoms with Gasteiger partial charge in [-0.3, -0.25) is 0 Å². The van der Waals surface area contributed by atoms with Gasteiger partial charge in [-0.2, -0.15) is 0 Å². The Bertz CT molecular complexity index is 138. The maximum Gasteiger partial charge on any atom is 0.00394 e. The van der Waals surface area contributed by atoms with Crippen LogP contribution in [0.15, 0.2) is 12.7 Å². The van der Waals surface area contributed by atoms with E-state index in [1.807, 2.05) is 7.05 Å². The summed E-state index contributed by atoms with van der Waals surface area (Å²) in [5.74, 6) is 0.882. The molecule has 1 fully saturated rings. The van der Waals surface area contributed by atoms with Crippen LogP contribution >= 0.6 is 0 Å². The Morgan fingerprint density at radius 2 is 2.27 bits per heavy atom. The molecule has 64 valence electrons. The van der Waals surface area contributed by atoms with Crippen molar-refractivity contribution in [2.75, 3.05) is 13.6 Å². The van der Waals surface area contributed by atoms with Gasteiger partial charge in [0.05, 0.1) is 0 Å². The smallest absolute Gasteiger partial charge is 0.00394 e. The monoisotopic (exact) mass is 153 g/mol. The van der Waals surface area contributed by atoms with E-state index in [-0.39, 0.29) is 0 Å². The molecule has 0 aromatic carbocycles. The predicted octanol–water partition coefficient (Wildman–Crippen LogP) is 2.20. The molecule has 1 saturated carbocycles. The zero-order valence-electron chi connectivity index (χ0n) is 7.69. The van der Waals surface area contributed by atoms with Crippen molar-refractivity contribution in [1.29, 1.82) is 0 Å². The molecular formula is C10H19N. The fourth-order valence-corrected chi connectivity index (χ4v) is 1.83. The first-order valence-electron chi connectivity index (χ1n) is 4.51. The molecule has 1 unspecified atom stereocenters. The third-order valence-electron chi connectivity index (χ3n) is 3.06. The van der Waals surface area contributed by atoms with E-state index >= 15 is 0 Å². The van der Waals surface area contributed by atoms with Crippen LogP contribution in [0.2, 0.25) is 0 Å². The summed E-state index contributed by atoms with van der Waals surface area (Å²) in [6, 6.07) is 0. The molecular weight excluding hydrogens is 134 g/mol. The molecule has 0 aromatic heterocycles. The lowest BCUT2D eigenvalue weighted by Gasteiger charge is -2.40. The van der Waals surface area contributed by atoms with E-state index in [1.54, 1.807) is 0 Å². The molecule has 1 N–H and O–H groups in total. The lowest BCUT2D eigenvalue weighted by atomic mass is 9.66. The molecule has 0 aromatic rings. The van der Waals surface area contributed by atoms with Gasteiger partial charge in [0.15, 0.2) is 0 Å². The molecule has 0 aliphatic heterocycles. The van der Waals surface area contributed by atoms with Crippen molar-refractivity contribution in [1.82, 2.24) is 5.32 Å². The van der Waals surface area contributed by atoms with Crippen molar-refractivity contribution in [2.45, 2.75) is 26.2 Å². The minimum absolute atomic E-state index is 0.340. The quantitative estimate of drug-likeness (QED) is 0.610. The van der Waals surface area contributed by atoms with Gasteiger partial charge in [-0.1, -0.05) is 19.4 Å². The van der Waals surface area contributed by atoms with Crippen molar-refractivity contribution in [3.05, 3.63) is 12.7 Å². The minimum atomic E-state index is 0.340. The Kier molecular flexibility index (Phi) is 2.72. The van der Waals surface area contributed by atoms with E-state index in [0.29, 0.717) is 5.41 Å². The predicted molar refractivity (Wildman–Crippen MR) is 49.6 cm³/mol. The van der Waals surface area contributed by atoms with Gasteiger partial charge in [0.1, 0.15) is 0 Å². The number of hydrogen-bond donors (Lipinski definition) is 1. The maximum absolute atomic E-state index is 3.91. The highest BCUT2D eigenvalue weighted by atomic mass is 14.8. The van der Waals surface area contributed by atoms with Gasteiger partial charge in [-0.25, -0.2) is 0 Å². The Morgan fingerprint density at radius 3 is 2.55 bits per heavy atom. The molecule has 0 bridgehead atoms.